The molecule has 3 aromatic carbocycles. The minimum absolute atomic E-state index is 0.177. The number of nitrogens with zero attached hydrogens (tertiary/aromatic N) is 1. The van der Waals surface area contributed by atoms with E-state index < -0.39 is 0 Å². The van der Waals surface area contributed by atoms with E-state index in [1.165, 1.54) is 16.9 Å². The van der Waals surface area contributed by atoms with E-state index in [4.69, 9.17) is 21.1 Å². The van der Waals surface area contributed by atoms with Crippen molar-refractivity contribution in [2.24, 2.45) is 5.92 Å². The van der Waals surface area contributed by atoms with Gasteiger partial charge in [-0.3, -0.25) is 9.18 Å². The van der Waals surface area contributed by atoms with E-state index in [9.17, 15) is 9.18 Å². The second-order valence-corrected chi connectivity index (χ2v) is 10.2. The Bertz CT molecular complexity index is 1350. The lowest BCUT2D eigenvalue weighted by Gasteiger charge is -2.37. The number of halogens is 2. The second-order valence-electron chi connectivity index (χ2n) is 8.71. The summed E-state index contributed by atoms with van der Waals surface area (Å²) >= 11 is 7.69. The van der Waals surface area contributed by atoms with Crippen LogP contribution in [0.25, 0.3) is 10.1 Å². The van der Waals surface area contributed by atoms with Crippen LogP contribution in [0.5, 0.6) is 17.2 Å². The molecule has 0 N–H and O–H groups in total. The summed E-state index contributed by atoms with van der Waals surface area (Å²) < 4.78 is 25.2. The van der Waals surface area contributed by atoms with E-state index in [0.29, 0.717) is 32.7 Å². The molecule has 7 heteroatoms. The van der Waals surface area contributed by atoms with Gasteiger partial charge in [-0.1, -0.05) is 35.9 Å². The van der Waals surface area contributed by atoms with Gasteiger partial charge in [0.05, 0.1) is 18.8 Å². The molecule has 35 heavy (non-hydrogen) atoms. The van der Waals surface area contributed by atoms with Crippen LogP contribution in [-0.4, -0.2) is 44.1 Å². The summed E-state index contributed by atoms with van der Waals surface area (Å²) in [7, 11) is 1.62. The molecule has 0 unspecified atom stereocenters. The first-order chi connectivity index (χ1) is 17.1. The maximum absolute atomic E-state index is 13.5. The molecule has 2 heterocycles. The Balaban J connectivity index is 1.40. The average Bonchev–Trinajstić information content (AvgIpc) is 3.21. The molecule has 0 radical (unpaired) electrons. The van der Waals surface area contributed by atoms with Gasteiger partial charge in [0, 0.05) is 41.2 Å². The van der Waals surface area contributed by atoms with E-state index in [0.717, 1.165) is 36.1 Å². The zero-order chi connectivity index (χ0) is 24.4. The first kappa shape index (κ1) is 23.8. The SMILES string of the molecule is COc1ccc2c(Oc3ccc(CCN4CC(CF)C4)cc3)c(C(=O)c3ccccc3Cl)sc2c1. The molecule has 0 aliphatic carbocycles. The van der Waals surface area contributed by atoms with Gasteiger partial charge in [-0.2, -0.15) is 0 Å². The molecule has 1 fully saturated rings. The van der Waals surface area contributed by atoms with Gasteiger partial charge in [-0.05, 0) is 54.4 Å². The van der Waals surface area contributed by atoms with Gasteiger partial charge in [0.15, 0.2) is 5.75 Å². The van der Waals surface area contributed by atoms with E-state index >= 15 is 0 Å². The predicted octanol–water partition coefficient (Wildman–Crippen LogP) is 7.03. The van der Waals surface area contributed by atoms with E-state index in [-0.39, 0.29) is 18.4 Å². The number of benzene rings is 3. The summed E-state index contributed by atoms with van der Waals surface area (Å²) in [6.45, 7) is 2.38. The van der Waals surface area contributed by atoms with Crippen LogP contribution in [-0.2, 0) is 6.42 Å². The van der Waals surface area contributed by atoms with Crippen LogP contribution < -0.4 is 9.47 Å². The Kier molecular flexibility index (Phi) is 7.04. The number of fused-ring (bicyclic) bond motifs is 1. The number of hydrogen-bond acceptors (Lipinski definition) is 5. The molecular formula is C28H25ClFNO3S. The lowest BCUT2D eigenvalue weighted by molar-refractivity contribution is 0.0824. The van der Waals surface area contributed by atoms with Crippen LogP contribution in [0.2, 0.25) is 5.02 Å². The van der Waals surface area contributed by atoms with Crippen molar-refractivity contribution in [1.29, 1.82) is 0 Å². The van der Waals surface area contributed by atoms with Crippen LogP contribution >= 0.6 is 22.9 Å². The standard InChI is InChI=1S/C28H25ClFNO3S/c1-33-21-10-11-23-25(14-21)35-28(26(32)22-4-2-3-5-24(22)29)27(23)34-20-8-6-18(7-9-20)12-13-31-16-19(15-30)17-31/h2-11,14,19H,12-13,15-17H2,1H3. The van der Waals surface area contributed by atoms with Crippen molar-refractivity contribution in [3.05, 3.63) is 87.8 Å². The molecule has 0 atom stereocenters. The predicted molar refractivity (Wildman–Crippen MR) is 139 cm³/mol. The summed E-state index contributed by atoms with van der Waals surface area (Å²) in [5.74, 6) is 1.91. The summed E-state index contributed by atoms with van der Waals surface area (Å²) in [5, 5.41) is 1.25. The third-order valence-corrected chi connectivity index (χ3v) is 7.75. The fourth-order valence-corrected chi connectivity index (χ4v) is 5.62. The molecule has 4 aromatic rings. The molecule has 1 aliphatic rings. The molecule has 5 rings (SSSR count). The van der Waals surface area contributed by atoms with E-state index in [1.54, 1.807) is 31.4 Å². The Morgan fingerprint density at radius 2 is 1.83 bits per heavy atom. The summed E-state index contributed by atoms with van der Waals surface area (Å²) in [5.41, 5.74) is 1.63. The van der Waals surface area contributed by atoms with Gasteiger partial charge in [-0.25, -0.2) is 0 Å². The first-order valence-corrected chi connectivity index (χ1v) is 12.7. The molecule has 0 saturated carbocycles. The van der Waals surface area contributed by atoms with Crippen molar-refractivity contribution >= 4 is 38.8 Å². The van der Waals surface area contributed by atoms with Crippen LogP contribution in [0.15, 0.2) is 66.7 Å². The maximum atomic E-state index is 13.5. The molecule has 0 bridgehead atoms. The molecule has 4 nitrogen and oxygen atoms in total. The third kappa shape index (κ3) is 5.06. The Morgan fingerprint density at radius 1 is 1.09 bits per heavy atom. The van der Waals surface area contributed by atoms with Gasteiger partial charge >= 0.3 is 0 Å². The number of alkyl halides is 1. The van der Waals surface area contributed by atoms with Gasteiger partial charge < -0.3 is 14.4 Å². The largest absolute Gasteiger partial charge is 0.497 e. The van der Waals surface area contributed by atoms with E-state index in [1.807, 2.05) is 42.5 Å². The third-order valence-electron chi connectivity index (χ3n) is 6.29. The normalized spacial score (nSPS) is 14.1. The van der Waals surface area contributed by atoms with Crippen molar-refractivity contribution in [2.45, 2.75) is 6.42 Å². The Hall–Kier alpha value is -2.93. The number of carbonyl (C=O) groups excluding carboxylic acids is 1. The summed E-state index contributed by atoms with van der Waals surface area (Å²) in [4.78, 5) is 16.2. The van der Waals surface area contributed by atoms with Crippen molar-refractivity contribution < 1.29 is 18.7 Å². The average molecular weight is 510 g/mol. The number of ether oxygens (including phenoxy) is 2. The van der Waals surface area contributed by atoms with E-state index in [2.05, 4.69) is 4.90 Å². The fraction of sp³-hybridized carbons (Fsp3) is 0.250. The smallest absolute Gasteiger partial charge is 0.208 e. The van der Waals surface area contributed by atoms with Gasteiger partial charge in [0.1, 0.15) is 16.4 Å². The monoisotopic (exact) mass is 509 g/mol. The summed E-state index contributed by atoms with van der Waals surface area (Å²) in [6, 6.07) is 20.6. The molecular weight excluding hydrogens is 485 g/mol. The number of thiophene rings is 1. The number of hydrogen-bond donors (Lipinski definition) is 0. The first-order valence-electron chi connectivity index (χ1n) is 11.5. The fourth-order valence-electron chi connectivity index (χ4n) is 4.28. The van der Waals surface area contributed by atoms with Crippen molar-refractivity contribution in [3.8, 4) is 17.2 Å². The van der Waals surface area contributed by atoms with Crippen molar-refractivity contribution in [3.63, 3.8) is 0 Å². The quantitative estimate of drug-likeness (QED) is 0.227. The molecule has 0 amide bonds. The maximum Gasteiger partial charge on any atom is 0.208 e. The molecule has 1 aliphatic heterocycles. The van der Waals surface area contributed by atoms with Crippen LogP contribution in [0.1, 0.15) is 20.8 Å². The Labute approximate surface area is 212 Å². The highest BCUT2D eigenvalue weighted by Crippen LogP contribution is 2.43. The number of rotatable bonds is 9. The molecule has 0 spiro atoms. The minimum Gasteiger partial charge on any atom is -0.497 e. The lowest BCUT2D eigenvalue weighted by atomic mass is 10.0. The molecule has 180 valence electrons. The topological polar surface area (TPSA) is 38.8 Å². The molecule has 1 saturated heterocycles. The number of ketones is 1. The van der Waals surface area contributed by atoms with Gasteiger partial charge in [-0.15, -0.1) is 11.3 Å². The van der Waals surface area contributed by atoms with Gasteiger partial charge in [0.25, 0.3) is 0 Å². The highest BCUT2D eigenvalue weighted by Gasteiger charge is 2.26. The number of likely N-dealkylation sites (tertiary alicyclic amines) is 1. The van der Waals surface area contributed by atoms with Crippen molar-refractivity contribution in [1.82, 2.24) is 4.90 Å². The number of carbonyl (C=O) groups is 1. The minimum atomic E-state index is -0.229. The highest BCUT2D eigenvalue weighted by molar-refractivity contribution is 7.21. The zero-order valence-electron chi connectivity index (χ0n) is 19.3. The van der Waals surface area contributed by atoms with Crippen LogP contribution in [0, 0.1) is 5.92 Å². The highest BCUT2D eigenvalue weighted by atomic mass is 35.5. The summed E-state index contributed by atoms with van der Waals surface area (Å²) in [6.07, 6.45) is 0.900. The van der Waals surface area contributed by atoms with Crippen LogP contribution in [0.3, 0.4) is 0 Å². The Morgan fingerprint density at radius 3 is 2.54 bits per heavy atom. The molecule has 1 aromatic heterocycles. The lowest BCUT2D eigenvalue weighted by Crippen LogP contribution is -2.48. The van der Waals surface area contributed by atoms with Crippen molar-refractivity contribution in [2.75, 3.05) is 33.4 Å². The van der Waals surface area contributed by atoms with Crippen LogP contribution in [0.4, 0.5) is 4.39 Å². The zero-order valence-corrected chi connectivity index (χ0v) is 20.9. The van der Waals surface area contributed by atoms with Gasteiger partial charge in [0.2, 0.25) is 5.78 Å². The second kappa shape index (κ2) is 10.4. The number of methoxy groups -OCH3 is 1.